The summed E-state index contributed by atoms with van der Waals surface area (Å²) >= 11 is 1.58. The zero-order valence-corrected chi connectivity index (χ0v) is 14.2. The maximum atomic E-state index is 12.4. The molecule has 0 spiro atoms. The standard InChI is InChI=1S/C19H16N2O3S/c22-17(21-15-5-6-16-14(18(15)23)7-8-25-16)10-12-9-11-3-1-2-4-13(11)19(24)20-12/h1-4,7-9,15H,5-6,10H2,(H,20,24)(H,21,22). The van der Waals surface area contributed by atoms with Gasteiger partial charge in [-0.05, 0) is 41.8 Å². The molecule has 2 aromatic heterocycles. The lowest BCUT2D eigenvalue weighted by Crippen LogP contribution is -2.43. The first-order chi connectivity index (χ1) is 12.1. The van der Waals surface area contributed by atoms with Gasteiger partial charge >= 0.3 is 0 Å². The molecule has 126 valence electrons. The summed E-state index contributed by atoms with van der Waals surface area (Å²) < 4.78 is 0. The predicted molar refractivity (Wildman–Crippen MR) is 97.2 cm³/mol. The van der Waals surface area contributed by atoms with Crippen molar-refractivity contribution in [1.82, 2.24) is 10.3 Å². The topological polar surface area (TPSA) is 79.0 Å². The molecule has 25 heavy (non-hydrogen) atoms. The average molecular weight is 352 g/mol. The van der Waals surface area contributed by atoms with Gasteiger partial charge in [0.2, 0.25) is 5.91 Å². The fourth-order valence-electron chi connectivity index (χ4n) is 3.27. The molecule has 4 rings (SSSR count). The minimum Gasteiger partial charge on any atom is -0.346 e. The lowest BCUT2D eigenvalue weighted by molar-refractivity contribution is -0.121. The third kappa shape index (κ3) is 3.00. The Morgan fingerprint density at radius 3 is 2.96 bits per heavy atom. The summed E-state index contributed by atoms with van der Waals surface area (Å²) in [6.07, 6.45) is 1.46. The smallest absolute Gasteiger partial charge is 0.256 e. The second kappa shape index (κ2) is 6.29. The van der Waals surface area contributed by atoms with Crippen LogP contribution in [-0.2, 0) is 17.6 Å². The molecule has 0 aliphatic heterocycles. The molecular weight excluding hydrogens is 336 g/mol. The summed E-state index contributed by atoms with van der Waals surface area (Å²) in [6.45, 7) is 0. The molecule has 5 nitrogen and oxygen atoms in total. The van der Waals surface area contributed by atoms with Gasteiger partial charge in [-0.3, -0.25) is 14.4 Å². The van der Waals surface area contributed by atoms with Crippen LogP contribution in [0.2, 0.25) is 0 Å². The number of fused-ring (bicyclic) bond motifs is 2. The van der Waals surface area contributed by atoms with Crippen molar-refractivity contribution in [1.29, 1.82) is 0 Å². The van der Waals surface area contributed by atoms with Crippen LogP contribution < -0.4 is 10.9 Å². The van der Waals surface area contributed by atoms with Crippen molar-refractivity contribution in [3.05, 3.63) is 68.3 Å². The van der Waals surface area contributed by atoms with Crippen LogP contribution in [0.15, 0.2) is 46.6 Å². The van der Waals surface area contributed by atoms with E-state index in [4.69, 9.17) is 0 Å². The average Bonchev–Trinajstić information content (AvgIpc) is 3.07. The van der Waals surface area contributed by atoms with Crippen LogP contribution in [0.3, 0.4) is 0 Å². The van der Waals surface area contributed by atoms with E-state index in [0.29, 0.717) is 17.5 Å². The second-order valence-electron chi connectivity index (χ2n) is 6.17. The maximum absolute atomic E-state index is 12.4. The Kier molecular flexibility index (Phi) is 3.97. The van der Waals surface area contributed by atoms with Crippen LogP contribution in [0.4, 0.5) is 0 Å². The Morgan fingerprint density at radius 1 is 1.24 bits per heavy atom. The lowest BCUT2D eigenvalue weighted by Gasteiger charge is -2.22. The molecule has 1 atom stereocenters. The summed E-state index contributed by atoms with van der Waals surface area (Å²) in [5, 5.41) is 6.11. The van der Waals surface area contributed by atoms with E-state index in [0.717, 1.165) is 22.2 Å². The van der Waals surface area contributed by atoms with E-state index in [1.165, 1.54) is 0 Å². The Labute approximate surface area is 147 Å². The molecule has 0 bridgehead atoms. The molecule has 0 fully saturated rings. The van der Waals surface area contributed by atoms with Crippen molar-refractivity contribution >= 4 is 33.8 Å². The number of nitrogens with one attached hydrogen (secondary N) is 2. The number of pyridine rings is 1. The van der Waals surface area contributed by atoms with Crippen LogP contribution in [0.5, 0.6) is 0 Å². The third-order valence-electron chi connectivity index (χ3n) is 4.48. The first kappa shape index (κ1) is 15.8. The third-order valence-corrected chi connectivity index (χ3v) is 5.46. The van der Waals surface area contributed by atoms with E-state index < -0.39 is 6.04 Å². The molecule has 1 aromatic carbocycles. The SMILES string of the molecule is O=C(Cc1cc2ccccc2c(=O)[nH]1)NC1CCc2sccc2C1=O. The summed E-state index contributed by atoms with van der Waals surface area (Å²) in [6, 6.07) is 10.4. The molecule has 0 saturated heterocycles. The molecule has 1 aliphatic rings. The van der Waals surface area contributed by atoms with E-state index >= 15 is 0 Å². The molecule has 0 saturated carbocycles. The van der Waals surface area contributed by atoms with Crippen molar-refractivity contribution < 1.29 is 9.59 Å². The number of carbonyl (C=O) groups excluding carboxylic acids is 2. The van der Waals surface area contributed by atoms with Gasteiger partial charge in [-0.2, -0.15) is 0 Å². The number of carbonyl (C=O) groups is 2. The van der Waals surface area contributed by atoms with Crippen LogP contribution in [0.25, 0.3) is 10.8 Å². The number of hydrogen-bond donors (Lipinski definition) is 2. The van der Waals surface area contributed by atoms with Gasteiger partial charge in [-0.25, -0.2) is 0 Å². The minimum absolute atomic E-state index is 0.0251. The molecular formula is C19H16N2O3S. The van der Waals surface area contributed by atoms with Crippen molar-refractivity contribution in [2.24, 2.45) is 0 Å². The Hall–Kier alpha value is -2.73. The number of aromatic nitrogens is 1. The normalized spacial score (nSPS) is 16.6. The molecule has 1 unspecified atom stereocenters. The van der Waals surface area contributed by atoms with Crippen molar-refractivity contribution in [3.8, 4) is 0 Å². The van der Waals surface area contributed by atoms with E-state index in [9.17, 15) is 14.4 Å². The predicted octanol–water partition coefficient (Wildman–Crippen LogP) is 2.45. The number of benzene rings is 1. The maximum Gasteiger partial charge on any atom is 0.256 e. The van der Waals surface area contributed by atoms with E-state index in [-0.39, 0.29) is 23.7 Å². The lowest BCUT2D eigenvalue weighted by atomic mass is 9.93. The van der Waals surface area contributed by atoms with Gasteiger partial charge in [0.15, 0.2) is 5.78 Å². The Balaban J connectivity index is 1.50. The summed E-state index contributed by atoms with van der Waals surface area (Å²) in [7, 11) is 0. The number of hydrogen-bond acceptors (Lipinski definition) is 4. The molecule has 1 amide bonds. The number of H-pyrrole nitrogens is 1. The second-order valence-corrected chi connectivity index (χ2v) is 7.17. The van der Waals surface area contributed by atoms with E-state index in [1.807, 2.05) is 23.6 Å². The first-order valence-corrected chi connectivity index (χ1v) is 9.00. The van der Waals surface area contributed by atoms with Gasteiger partial charge in [0.25, 0.3) is 5.56 Å². The summed E-state index contributed by atoms with van der Waals surface area (Å²) in [4.78, 5) is 40.7. The number of amides is 1. The first-order valence-electron chi connectivity index (χ1n) is 8.13. The van der Waals surface area contributed by atoms with Gasteiger partial charge in [-0.15, -0.1) is 11.3 Å². The molecule has 1 aliphatic carbocycles. The van der Waals surface area contributed by atoms with Gasteiger partial charge < -0.3 is 10.3 Å². The van der Waals surface area contributed by atoms with E-state index in [1.54, 1.807) is 29.5 Å². The number of aryl methyl sites for hydroxylation is 1. The Morgan fingerprint density at radius 2 is 2.08 bits per heavy atom. The summed E-state index contributed by atoms with van der Waals surface area (Å²) in [5.74, 6) is -0.286. The number of ketones is 1. The van der Waals surface area contributed by atoms with Crippen molar-refractivity contribution in [2.75, 3.05) is 0 Å². The quantitative estimate of drug-likeness (QED) is 0.760. The highest BCUT2D eigenvalue weighted by atomic mass is 32.1. The van der Waals surface area contributed by atoms with Crippen molar-refractivity contribution in [3.63, 3.8) is 0 Å². The monoisotopic (exact) mass is 352 g/mol. The minimum atomic E-state index is -0.484. The van der Waals surface area contributed by atoms with Crippen molar-refractivity contribution in [2.45, 2.75) is 25.3 Å². The number of thiophene rings is 1. The number of Topliss-reactive ketones (excluding diaryl/α,β-unsaturated/α-hetero) is 1. The number of aromatic amines is 1. The number of rotatable bonds is 3. The van der Waals surface area contributed by atoms with Gasteiger partial charge in [0.05, 0.1) is 12.5 Å². The highest BCUT2D eigenvalue weighted by Crippen LogP contribution is 2.26. The largest absolute Gasteiger partial charge is 0.346 e. The molecule has 0 radical (unpaired) electrons. The molecule has 2 heterocycles. The fourth-order valence-corrected chi connectivity index (χ4v) is 4.17. The van der Waals surface area contributed by atoms with Crippen LogP contribution >= 0.6 is 11.3 Å². The zero-order chi connectivity index (χ0) is 17.4. The highest BCUT2D eigenvalue weighted by Gasteiger charge is 2.29. The van der Waals surface area contributed by atoms with E-state index in [2.05, 4.69) is 10.3 Å². The van der Waals surface area contributed by atoms with Gasteiger partial charge in [-0.1, -0.05) is 18.2 Å². The van der Waals surface area contributed by atoms with Crippen LogP contribution in [0, 0.1) is 0 Å². The fraction of sp³-hybridized carbons (Fsp3) is 0.211. The molecule has 6 heteroatoms. The Bertz CT molecular complexity index is 1030. The highest BCUT2D eigenvalue weighted by molar-refractivity contribution is 7.10. The van der Waals surface area contributed by atoms with Gasteiger partial charge in [0, 0.05) is 21.5 Å². The molecule has 2 N–H and O–H groups in total. The molecule has 3 aromatic rings. The zero-order valence-electron chi connectivity index (χ0n) is 13.4. The van der Waals surface area contributed by atoms with Crippen LogP contribution in [-0.4, -0.2) is 22.7 Å². The summed E-state index contributed by atoms with van der Waals surface area (Å²) in [5.41, 5.74) is 1.05. The van der Waals surface area contributed by atoms with Crippen LogP contribution in [0.1, 0.15) is 27.3 Å². The van der Waals surface area contributed by atoms with Gasteiger partial charge in [0.1, 0.15) is 0 Å².